The summed E-state index contributed by atoms with van der Waals surface area (Å²) in [6, 6.07) is 3.47. The molecule has 1 saturated carbocycles. The molecule has 0 aromatic heterocycles. The molecular formula is C13H14ClNO4. The molecule has 1 amide bonds. The number of halogens is 1. The van der Waals surface area contributed by atoms with E-state index in [0.29, 0.717) is 28.6 Å². The molecule has 1 aliphatic heterocycles. The van der Waals surface area contributed by atoms with E-state index < -0.39 is 0 Å². The fraction of sp³-hybridized carbons (Fsp3) is 0.462. The highest BCUT2D eigenvalue weighted by Gasteiger charge is 2.33. The van der Waals surface area contributed by atoms with E-state index in [0.717, 1.165) is 12.8 Å². The highest BCUT2D eigenvalue weighted by molar-refractivity contribution is 6.32. The van der Waals surface area contributed by atoms with Crippen LogP contribution in [0.15, 0.2) is 12.1 Å². The van der Waals surface area contributed by atoms with Crippen LogP contribution >= 0.6 is 11.6 Å². The van der Waals surface area contributed by atoms with Crippen LogP contribution < -0.4 is 9.47 Å². The van der Waals surface area contributed by atoms with Crippen molar-refractivity contribution < 1.29 is 19.4 Å². The van der Waals surface area contributed by atoms with Crippen molar-refractivity contribution in [2.24, 2.45) is 0 Å². The number of fused-ring (bicyclic) bond motifs is 1. The minimum Gasteiger partial charge on any atom is -0.454 e. The summed E-state index contributed by atoms with van der Waals surface area (Å²) in [4.78, 5) is 14.1. The molecule has 0 spiro atoms. The summed E-state index contributed by atoms with van der Waals surface area (Å²) in [7, 11) is 0. The molecule has 0 atom stereocenters. The Balaban J connectivity index is 1.88. The van der Waals surface area contributed by atoms with Crippen LogP contribution in [0.5, 0.6) is 11.5 Å². The van der Waals surface area contributed by atoms with Crippen LogP contribution in [-0.4, -0.2) is 41.9 Å². The van der Waals surface area contributed by atoms with Crippen molar-refractivity contribution in [1.82, 2.24) is 4.90 Å². The van der Waals surface area contributed by atoms with E-state index in [1.807, 2.05) is 0 Å². The molecule has 102 valence electrons. The fourth-order valence-corrected chi connectivity index (χ4v) is 2.47. The van der Waals surface area contributed by atoms with E-state index in [-0.39, 0.29) is 25.3 Å². The molecule has 5 nitrogen and oxygen atoms in total. The fourth-order valence-electron chi connectivity index (χ4n) is 2.20. The third-order valence-corrected chi connectivity index (χ3v) is 3.54. The highest BCUT2D eigenvalue weighted by atomic mass is 35.5. The Morgan fingerprint density at radius 3 is 2.89 bits per heavy atom. The van der Waals surface area contributed by atoms with Crippen molar-refractivity contribution in [3.63, 3.8) is 0 Å². The number of nitrogens with zero attached hydrogens (tertiary/aromatic N) is 1. The molecule has 0 saturated heterocycles. The van der Waals surface area contributed by atoms with E-state index in [2.05, 4.69) is 0 Å². The van der Waals surface area contributed by atoms with Gasteiger partial charge in [0, 0.05) is 18.2 Å². The van der Waals surface area contributed by atoms with Crippen molar-refractivity contribution in [3.05, 3.63) is 22.7 Å². The maximum atomic E-state index is 12.4. The quantitative estimate of drug-likeness (QED) is 0.913. The minimum atomic E-state index is -0.128. The van der Waals surface area contributed by atoms with Gasteiger partial charge in [-0.05, 0) is 25.0 Å². The Hall–Kier alpha value is -1.46. The van der Waals surface area contributed by atoms with Gasteiger partial charge in [-0.1, -0.05) is 11.6 Å². The lowest BCUT2D eigenvalue weighted by Gasteiger charge is -2.21. The van der Waals surface area contributed by atoms with Gasteiger partial charge < -0.3 is 19.5 Å². The summed E-state index contributed by atoms with van der Waals surface area (Å²) >= 11 is 6.07. The Kier molecular flexibility index (Phi) is 3.24. The molecule has 0 radical (unpaired) electrons. The first-order valence-corrected chi connectivity index (χ1v) is 6.59. The lowest BCUT2D eigenvalue weighted by atomic mass is 10.1. The Labute approximate surface area is 115 Å². The van der Waals surface area contributed by atoms with Crippen LogP contribution in [0.4, 0.5) is 0 Å². The van der Waals surface area contributed by atoms with Gasteiger partial charge in [0.05, 0.1) is 11.6 Å². The van der Waals surface area contributed by atoms with Gasteiger partial charge in [-0.2, -0.15) is 0 Å². The number of carbonyl (C=O) groups is 1. The Bertz CT molecular complexity index is 516. The van der Waals surface area contributed by atoms with Gasteiger partial charge in [-0.3, -0.25) is 4.79 Å². The molecule has 1 fully saturated rings. The van der Waals surface area contributed by atoms with Gasteiger partial charge in [-0.15, -0.1) is 0 Å². The molecule has 6 heteroatoms. The van der Waals surface area contributed by atoms with E-state index in [9.17, 15) is 4.79 Å². The third-order valence-electron chi connectivity index (χ3n) is 3.26. The first kappa shape index (κ1) is 12.6. The average Bonchev–Trinajstić information content (AvgIpc) is 3.12. The molecule has 1 aromatic rings. The minimum absolute atomic E-state index is 0.0411. The Morgan fingerprint density at radius 2 is 2.21 bits per heavy atom. The second kappa shape index (κ2) is 4.90. The molecule has 0 bridgehead atoms. The topological polar surface area (TPSA) is 59.0 Å². The molecule has 3 rings (SSSR count). The largest absolute Gasteiger partial charge is 0.454 e. The van der Waals surface area contributed by atoms with Gasteiger partial charge in [0.1, 0.15) is 0 Å². The average molecular weight is 284 g/mol. The summed E-state index contributed by atoms with van der Waals surface area (Å²) in [5.74, 6) is 0.852. The van der Waals surface area contributed by atoms with E-state index in [1.54, 1.807) is 17.0 Å². The normalized spacial score (nSPS) is 16.5. The van der Waals surface area contributed by atoms with Gasteiger partial charge in [0.2, 0.25) is 6.79 Å². The van der Waals surface area contributed by atoms with Crippen molar-refractivity contribution in [2.75, 3.05) is 19.9 Å². The number of aliphatic hydroxyl groups is 1. The van der Waals surface area contributed by atoms with E-state index in [4.69, 9.17) is 26.2 Å². The first-order chi connectivity index (χ1) is 9.20. The number of hydrogen-bond donors (Lipinski definition) is 1. The Morgan fingerprint density at radius 1 is 1.42 bits per heavy atom. The van der Waals surface area contributed by atoms with E-state index in [1.165, 1.54) is 0 Å². The maximum Gasteiger partial charge on any atom is 0.254 e. The monoisotopic (exact) mass is 283 g/mol. The summed E-state index contributed by atoms with van der Waals surface area (Å²) in [5, 5.41) is 9.43. The molecule has 1 heterocycles. The molecular weight excluding hydrogens is 270 g/mol. The lowest BCUT2D eigenvalue weighted by Crippen LogP contribution is -2.35. The van der Waals surface area contributed by atoms with Gasteiger partial charge in [-0.25, -0.2) is 0 Å². The summed E-state index contributed by atoms with van der Waals surface area (Å²) in [6.07, 6.45) is 1.98. The zero-order valence-corrected chi connectivity index (χ0v) is 11.0. The number of amides is 1. The van der Waals surface area contributed by atoms with Crippen LogP contribution in [0, 0.1) is 0 Å². The third kappa shape index (κ3) is 2.35. The van der Waals surface area contributed by atoms with Crippen molar-refractivity contribution >= 4 is 17.5 Å². The number of ether oxygens (including phenoxy) is 2. The predicted molar refractivity (Wildman–Crippen MR) is 68.7 cm³/mol. The van der Waals surface area contributed by atoms with Crippen molar-refractivity contribution in [3.8, 4) is 11.5 Å². The number of aliphatic hydroxyl groups excluding tert-OH is 1. The molecule has 1 aliphatic carbocycles. The van der Waals surface area contributed by atoms with Crippen LogP contribution in [0.1, 0.15) is 23.2 Å². The van der Waals surface area contributed by atoms with Gasteiger partial charge in [0.15, 0.2) is 11.5 Å². The summed E-state index contributed by atoms with van der Waals surface area (Å²) in [5.41, 5.74) is 0.467. The zero-order valence-electron chi connectivity index (χ0n) is 10.3. The standard InChI is InChI=1S/C13H14ClNO4/c14-10-5-8(6-11-12(10)19-7-18-11)13(17)15(3-4-16)9-1-2-9/h5-6,9,16H,1-4,7H2. The number of rotatable bonds is 4. The molecule has 19 heavy (non-hydrogen) atoms. The van der Waals surface area contributed by atoms with Crippen LogP contribution in [0.25, 0.3) is 0 Å². The van der Waals surface area contributed by atoms with E-state index >= 15 is 0 Å². The van der Waals surface area contributed by atoms with Gasteiger partial charge in [0.25, 0.3) is 5.91 Å². The zero-order chi connectivity index (χ0) is 13.4. The molecule has 0 unspecified atom stereocenters. The summed E-state index contributed by atoms with van der Waals surface area (Å²) in [6.45, 7) is 0.422. The molecule has 1 aromatic carbocycles. The van der Waals surface area contributed by atoms with Crippen molar-refractivity contribution in [1.29, 1.82) is 0 Å². The summed E-state index contributed by atoms with van der Waals surface area (Å²) < 4.78 is 10.5. The van der Waals surface area contributed by atoms with Gasteiger partial charge >= 0.3 is 0 Å². The molecule has 2 aliphatic rings. The second-order valence-electron chi connectivity index (χ2n) is 4.65. The first-order valence-electron chi connectivity index (χ1n) is 6.21. The number of benzene rings is 1. The predicted octanol–water partition coefficient (Wildman–Crippen LogP) is 1.67. The second-order valence-corrected chi connectivity index (χ2v) is 5.05. The highest BCUT2D eigenvalue weighted by Crippen LogP contribution is 2.40. The number of carbonyl (C=O) groups excluding carboxylic acids is 1. The lowest BCUT2D eigenvalue weighted by molar-refractivity contribution is 0.0707. The van der Waals surface area contributed by atoms with Crippen LogP contribution in [-0.2, 0) is 0 Å². The van der Waals surface area contributed by atoms with Crippen molar-refractivity contribution in [2.45, 2.75) is 18.9 Å². The smallest absolute Gasteiger partial charge is 0.254 e. The van der Waals surface area contributed by atoms with Crippen LogP contribution in [0.2, 0.25) is 5.02 Å². The SMILES string of the molecule is O=C(c1cc(Cl)c2c(c1)OCO2)N(CCO)C1CC1. The maximum absolute atomic E-state index is 12.4. The van der Waals surface area contributed by atoms with Crippen LogP contribution in [0.3, 0.4) is 0 Å². The molecule has 1 N–H and O–H groups in total. The number of hydrogen-bond acceptors (Lipinski definition) is 4.